The standard InChI is InChI=1S/C59H61FN10O6/c1-6-42-48(60)16-11-36-9-8-10-45(51(36)42)52-43(7-2)53-47(27-61-52)54(68-29-39-12-13-40(30-68)63-39)66-57(65-53)76-32-59-22-19-41(69(59)28-33(3)26-59)31-75-58(74)67-23-20-37(21-24-67)55(72)64-38-14-15-44-35(5)70(56(73)46(44)25-38)49-17-18-50(71)62-34(49)4/h1,8-11,14-16,25,27,37,39-41,49,63H,3-5,7,12-13,17-24,26,28-32H2,2H3,(H,62,71)(H,64,72). The number of hydrogen-bond acceptors (Lipinski definition) is 12. The molecule has 0 radical (unpaired) electrons. The Morgan fingerprint density at radius 1 is 0.974 bits per heavy atom. The van der Waals surface area contributed by atoms with Crippen LogP contribution in [0.3, 0.4) is 0 Å². The zero-order valence-corrected chi connectivity index (χ0v) is 42.8. The van der Waals surface area contributed by atoms with Gasteiger partial charge >= 0.3 is 12.1 Å². The summed E-state index contributed by atoms with van der Waals surface area (Å²) in [6.07, 6.45) is 14.1. The second kappa shape index (κ2) is 19.5. The molecule has 390 valence electrons. The first-order valence-corrected chi connectivity index (χ1v) is 26.6. The predicted molar refractivity (Wildman–Crippen MR) is 288 cm³/mol. The third-order valence-electron chi connectivity index (χ3n) is 17.0. The lowest BCUT2D eigenvalue weighted by molar-refractivity contribution is -0.122. The minimum absolute atomic E-state index is 0.0518. The molecule has 9 heterocycles. The van der Waals surface area contributed by atoms with Crippen LogP contribution in [-0.4, -0.2) is 129 Å². The summed E-state index contributed by atoms with van der Waals surface area (Å²) in [4.78, 5) is 76.1. The van der Waals surface area contributed by atoms with E-state index in [1.807, 2.05) is 24.4 Å². The van der Waals surface area contributed by atoms with Crippen LogP contribution in [0.15, 0.2) is 85.7 Å². The molecular formula is C59H61FN10O6. The zero-order chi connectivity index (χ0) is 52.6. The molecule has 5 aromatic rings. The molecule has 7 aliphatic rings. The van der Waals surface area contributed by atoms with Gasteiger partial charge in [0.25, 0.3) is 5.91 Å². The molecule has 6 fully saturated rings. The lowest BCUT2D eigenvalue weighted by atomic mass is 9.93. The lowest BCUT2D eigenvalue weighted by Gasteiger charge is -2.35. The van der Waals surface area contributed by atoms with E-state index in [1.54, 1.807) is 34.1 Å². The first-order valence-electron chi connectivity index (χ1n) is 26.6. The van der Waals surface area contributed by atoms with Crippen molar-refractivity contribution in [2.45, 2.75) is 101 Å². The number of hydrogen-bond donors (Lipinski definition) is 3. The summed E-state index contributed by atoms with van der Waals surface area (Å²) < 4.78 is 28.1. The molecule has 2 aromatic heterocycles. The van der Waals surface area contributed by atoms with Crippen molar-refractivity contribution < 1.29 is 33.0 Å². The van der Waals surface area contributed by atoms with Crippen LogP contribution in [0.25, 0.3) is 38.6 Å². The third kappa shape index (κ3) is 8.61. The highest BCUT2D eigenvalue weighted by atomic mass is 19.1. The van der Waals surface area contributed by atoms with Crippen molar-refractivity contribution in [2.24, 2.45) is 5.92 Å². The molecule has 16 nitrogen and oxygen atoms in total. The van der Waals surface area contributed by atoms with E-state index in [-0.39, 0.29) is 54.3 Å². The van der Waals surface area contributed by atoms with Crippen LogP contribution in [0.1, 0.15) is 91.8 Å². The molecule has 5 unspecified atom stereocenters. The molecule has 76 heavy (non-hydrogen) atoms. The smallest absolute Gasteiger partial charge is 0.409 e. The first kappa shape index (κ1) is 49.2. The number of pyridine rings is 1. The number of benzene rings is 3. The van der Waals surface area contributed by atoms with Crippen molar-refractivity contribution in [3.05, 3.63) is 114 Å². The molecule has 5 atom stereocenters. The molecule has 2 bridgehead atoms. The molecule has 7 aliphatic heterocycles. The molecule has 4 amide bonds. The van der Waals surface area contributed by atoms with Crippen molar-refractivity contribution in [1.29, 1.82) is 0 Å². The first-order chi connectivity index (χ1) is 36.8. The highest BCUT2D eigenvalue weighted by Crippen LogP contribution is 2.46. The van der Waals surface area contributed by atoms with Gasteiger partial charge in [-0.25, -0.2) is 9.18 Å². The summed E-state index contributed by atoms with van der Waals surface area (Å²) in [6.45, 7) is 18.1. The van der Waals surface area contributed by atoms with E-state index in [9.17, 15) is 19.2 Å². The quantitative estimate of drug-likeness (QED) is 0.0870. The number of rotatable bonds is 11. The number of fused-ring (bicyclic) bond motifs is 6. The van der Waals surface area contributed by atoms with Crippen LogP contribution < -0.4 is 25.6 Å². The molecule has 17 heteroatoms. The van der Waals surface area contributed by atoms with E-state index < -0.39 is 23.5 Å². The Morgan fingerprint density at radius 2 is 1.78 bits per heavy atom. The number of halogens is 1. The number of piperazine rings is 1. The summed E-state index contributed by atoms with van der Waals surface area (Å²) >= 11 is 0. The van der Waals surface area contributed by atoms with Crippen LogP contribution in [-0.2, 0) is 20.7 Å². The van der Waals surface area contributed by atoms with E-state index in [2.05, 4.69) is 58.3 Å². The summed E-state index contributed by atoms with van der Waals surface area (Å²) in [5.74, 6) is 2.03. The fourth-order valence-electron chi connectivity index (χ4n) is 13.2. The number of aromatic nitrogens is 3. The monoisotopic (exact) mass is 1020 g/mol. The SMILES string of the molecule is C#Cc1c(F)ccc2cccc(-c3ncc4c(N5CC6CCC(C5)N6)nc(OCC56CCC(COC(=O)N7CCC(C(=O)Nc8ccc9c(c8)C(=O)N(C8CCC(=O)NC8=C)C9=C)CC7)N5CC(=C)C6)nc4c3CC)c12. The minimum Gasteiger partial charge on any atom is -0.461 e. The second-order valence-corrected chi connectivity index (χ2v) is 21.6. The predicted octanol–water partition coefficient (Wildman–Crippen LogP) is 7.72. The molecular weight excluding hydrogens is 964 g/mol. The average molecular weight is 1030 g/mol. The van der Waals surface area contributed by atoms with Gasteiger partial charge in [-0.3, -0.25) is 29.2 Å². The van der Waals surface area contributed by atoms with Gasteiger partial charge in [-0.05, 0) is 81.4 Å². The van der Waals surface area contributed by atoms with E-state index in [0.717, 1.165) is 84.0 Å². The van der Waals surface area contributed by atoms with Crippen molar-refractivity contribution in [1.82, 2.24) is 40.3 Å². The number of likely N-dealkylation sites (tertiary alicyclic amines) is 1. The Morgan fingerprint density at radius 3 is 2.54 bits per heavy atom. The van der Waals surface area contributed by atoms with Gasteiger partial charge in [0.05, 0.1) is 39.3 Å². The van der Waals surface area contributed by atoms with Crippen molar-refractivity contribution in [3.8, 4) is 29.6 Å². The highest BCUT2D eigenvalue weighted by molar-refractivity contribution is 6.10. The number of ether oxygens (including phenoxy) is 2. The summed E-state index contributed by atoms with van der Waals surface area (Å²) in [6, 6.07) is 14.7. The molecule has 6 saturated heterocycles. The normalized spacial score (nSPS) is 24.5. The summed E-state index contributed by atoms with van der Waals surface area (Å²) in [5.41, 5.74) is 6.53. The van der Waals surface area contributed by atoms with Gasteiger partial charge in [0.1, 0.15) is 24.8 Å². The maximum atomic E-state index is 15.2. The van der Waals surface area contributed by atoms with Gasteiger partial charge in [0.2, 0.25) is 11.8 Å². The van der Waals surface area contributed by atoms with Crippen molar-refractivity contribution >= 4 is 62.7 Å². The average Bonchev–Trinajstić information content (AvgIpc) is 4.20. The topological polar surface area (TPSA) is 174 Å². The molecule has 3 N–H and O–H groups in total. The Balaban J connectivity index is 0.709. The van der Waals surface area contributed by atoms with Gasteiger partial charge < -0.3 is 35.2 Å². The Kier molecular flexibility index (Phi) is 12.6. The van der Waals surface area contributed by atoms with Crippen LogP contribution >= 0.6 is 0 Å². The maximum Gasteiger partial charge on any atom is 0.409 e. The van der Waals surface area contributed by atoms with Crippen molar-refractivity contribution in [3.63, 3.8) is 0 Å². The molecule has 0 spiro atoms. The number of terminal acetylenes is 1. The summed E-state index contributed by atoms with van der Waals surface area (Å²) in [7, 11) is 0. The fourth-order valence-corrected chi connectivity index (χ4v) is 13.2. The van der Waals surface area contributed by atoms with E-state index in [0.29, 0.717) is 103 Å². The number of piperidine rings is 2. The van der Waals surface area contributed by atoms with Crippen LogP contribution in [0.4, 0.5) is 20.7 Å². The number of nitrogens with one attached hydrogen (secondary N) is 3. The zero-order valence-electron chi connectivity index (χ0n) is 42.8. The molecule has 0 aliphatic carbocycles. The van der Waals surface area contributed by atoms with Crippen LogP contribution in [0.5, 0.6) is 6.01 Å². The largest absolute Gasteiger partial charge is 0.461 e. The van der Waals surface area contributed by atoms with Gasteiger partial charge in [0, 0.05) is 109 Å². The number of aryl methyl sites for hydroxylation is 1. The highest BCUT2D eigenvalue weighted by Gasteiger charge is 2.52. The van der Waals surface area contributed by atoms with Crippen molar-refractivity contribution in [2.75, 3.05) is 56.2 Å². The van der Waals surface area contributed by atoms with Gasteiger partial charge in [-0.1, -0.05) is 68.5 Å². The second-order valence-electron chi connectivity index (χ2n) is 21.6. The number of carbonyl (C=O) groups is 4. The lowest BCUT2D eigenvalue weighted by Crippen LogP contribution is -2.51. The van der Waals surface area contributed by atoms with Crippen LogP contribution in [0, 0.1) is 24.1 Å². The Hall–Kier alpha value is -7.68. The maximum absolute atomic E-state index is 15.2. The molecule has 12 rings (SSSR count). The Labute approximate surface area is 440 Å². The Bertz CT molecular complexity index is 3350. The number of amides is 4. The van der Waals surface area contributed by atoms with Gasteiger partial charge in [-0.2, -0.15) is 9.97 Å². The third-order valence-corrected chi connectivity index (χ3v) is 17.0. The minimum atomic E-state index is -0.457. The van der Waals surface area contributed by atoms with E-state index >= 15 is 4.39 Å². The fraction of sp³-hybridized carbons (Fsp3) is 0.407. The van der Waals surface area contributed by atoms with E-state index in [1.165, 1.54) is 6.07 Å². The van der Waals surface area contributed by atoms with Crippen LogP contribution in [0.2, 0.25) is 0 Å². The van der Waals surface area contributed by atoms with E-state index in [4.69, 9.17) is 30.8 Å². The number of anilines is 2. The molecule has 0 saturated carbocycles. The molecule has 3 aromatic carbocycles. The number of carbonyl (C=O) groups excluding carboxylic acids is 4. The van der Waals surface area contributed by atoms with Gasteiger partial charge in [0.15, 0.2) is 0 Å². The summed E-state index contributed by atoms with van der Waals surface area (Å²) in [5, 5.41) is 11.8. The van der Waals surface area contributed by atoms with Gasteiger partial charge in [-0.15, -0.1) is 6.42 Å². The number of nitrogens with zero attached hydrogens (tertiary/aromatic N) is 7.